The molecule has 2 amide bonds. The van der Waals surface area contributed by atoms with Crippen LogP contribution in [-0.4, -0.2) is 33.8 Å². The number of halogens is 1. The topological polar surface area (TPSA) is 121 Å². The molecule has 2 heterocycles. The molecule has 9 nitrogen and oxygen atoms in total. The first-order valence-electron chi connectivity index (χ1n) is 12.5. The third-order valence-electron chi connectivity index (χ3n) is 5.93. The van der Waals surface area contributed by atoms with Crippen molar-refractivity contribution in [1.29, 1.82) is 0 Å². The molecule has 5 aromatic rings. The third-order valence-corrected chi connectivity index (χ3v) is 6.18. The van der Waals surface area contributed by atoms with Gasteiger partial charge < -0.3 is 20.4 Å². The van der Waals surface area contributed by atoms with Crippen LogP contribution in [0.4, 0.5) is 27.8 Å². The second-order valence-corrected chi connectivity index (χ2v) is 9.04. The van der Waals surface area contributed by atoms with Crippen LogP contribution < -0.4 is 16.0 Å². The van der Waals surface area contributed by atoms with Crippen molar-refractivity contribution < 1.29 is 14.3 Å². The maximum atomic E-state index is 13.0. The van der Waals surface area contributed by atoms with E-state index in [2.05, 4.69) is 31.1 Å². The minimum atomic E-state index is -0.505. The molecule has 0 radical (unpaired) electrons. The Kier molecular flexibility index (Phi) is 8.03. The van der Waals surface area contributed by atoms with Gasteiger partial charge in [-0.15, -0.1) is 10.2 Å². The van der Waals surface area contributed by atoms with Gasteiger partial charge in [0.1, 0.15) is 11.4 Å². The van der Waals surface area contributed by atoms with Gasteiger partial charge in [0.05, 0.1) is 23.7 Å². The van der Waals surface area contributed by atoms with Crippen molar-refractivity contribution in [2.24, 2.45) is 0 Å². The molecule has 40 heavy (non-hydrogen) atoms. The van der Waals surface area contributed by atoms with E-state index in [1.807, 2.05) is 48.5 Å². The quantitative estimate of drug-likeness (QED) is 0.149. The first-order valence-corrected chi connectivity index (χ1v) is 12.9. The monoisotopic (exact) mass is 552 g/mol. The lowest BCUT2D eigenvalue weighted by Gasteiger charge is -2.14. The number of amides is 2. The average Bonchev–Trinajstić information content (AvgIpc) is 3.39. The highest BCUT2D eigenvalue weighted by atomic mass is 35.5. The van der Waals surface area contributed by atoms with Gasteiger partial charge in [0.25, 0.3) is 0 Å². The number of carbonyl (C=O) groups excluding carboxylic acids is 2. The summed E-state index contributed by atoms with van der Waals surface area (Å²) < 4.78 is 5.33. The van der Waals surface area contributed by atoms with Crippen LogP contribution >= 0.6 is 11.6 Å². The van der Waals surface area contributed by atoms with Gasteiger partial charge in [0, 0.05) is 22.3 Å². The Morgan fingerprint density at radius 3 is 2.25 bits per heavy atom. The normalized spacial score (nSPS) is 10.6. The molecule has 0 bridgehead atoms. The number of rotatable bonds is 8. The molecule has 200 valence electrons. The first-order chi connectivity index (χ1) is 19.5. The smallest absolute Gasteiger partial charge is 0.342 e. The molecule has 0 atom stereocenters. The number of anilines is 4. The molecule has 0 saturated carbocycles. The maximum Gasteiger partial charge on any atom is 0.342 e. The Morgan fingerprint density at radius 2 is 1.55 bits per heavy atom. The number of hydrogen-bond acceptors (Lipinski definition) is 6. The van der Waals surface area contributed by atoms with Gasteiger partial charge in [0.15, 0.2) is 5.82 Å². The average molecular weight is 553 g/mol. The zero-order valence-electron chi connectivity index (χ0n) is 21.4. The molecule has 0 spiro atoms. The molecule has 3 aromatic carbocycles. The van der Waals surface area contributed by atoms with Crippen molar-refractivity contribution in [2.75, 3.05) is 22.6 Å². The maximum absolute atomic E-state index is 13.0. The van der Waals surface area contributed by atoms with Gasteiger partial charge in [0.2, 0.25) is 0 Å². The number of carbonyl (C=O) groups is 2. The summed E-state index contributed by atoms with van der Waals surface area (Å²) in [5, 5.41) is 17.6. The Hall–Kier alpha value is -5.15. The van der Waals surface area contributed by atoms with Gasteiger partial charge >= 0.3 is 12.0 Å². The number of hydrogen-bond donors (Lipinski definition) is 4. The molecule has 10 heteroatoms. The Bertz CT molecular complexity index is 1620. The second-order valence-electron chi connectivity index (χ2n) is 8.60. The third kappa shape index (κ3) is 6.11. The van der Waals surface area contributed by atoms with E-state index in [9.17, 15) is 9.59 Å². The molecule has 0 aliphatic rings. The van der Waals surface area contributed by atoms with Crippen molar-refractivity contribution in [3.05, 3.63) is 108 Å². The molecular formula is C30H25ClN6O3. The minimum Gasteiger partial charge on any atom is -0.462 e. The summed E-state index contributed by atoms with van der Waals surface area (Å²) >= 11 is 6.05. The predicted molar refractivity (Wildman–Crippen MR) is 157 cm³/mol. The highest BCUT2D eigenvalue weighted by molar-refractivity contribution is 6.30. The minimum absolute atomic E-state index is 0.219. The molecule has 2 aromatic heterocycles. The summed E-state index contributed by atoms with van der Waals surface area (Å²) in [5.41, 5.74) is 4.43. The summed E-state index contributed by atoms with van der Waals surface area (Å²) in [6.07, 6.45) is 1.72. The number of H-pyrrole nitrogens is 1. The van der Waals surface area contributed by atoms with Gasteiger partial charge in [-0.3, -0.25) is 5.32 Å². The van der Waals surface area contributed by atoms with E-state index in [0.29, 0.717) is 44.9 Å². The number of urea groups is 1. The fourth-order valence-corrected chi connectivity index (χ4v) is 4.19. The number of esters is 1. The van der Waals surface area contributed by atoms with Crippen LogP contribution in [0.25, 0.3) is 22.4 Å². The number of benzene rings is 3. The zero-order chi connectivity index (χ0) is 27.9. The number of aromatic nitrogens is 3. The summed E-state index contributed by atoms with van der Waals surface area (Å²) in [4.78, 5) is 28.9. The van der Waals surface area contributed by atoms with Gasteiger partial charge in [-0.1, -0.05) is 66.2 Å². The lowest BCUT2D eigenvalue weighted by molar-refractivity contribution is 0.0528. The molecule has 4 N–H and O–H groups in total. The molecule has 0 unspecified atom stereocenters. The SMILES string of the molecule is CCOC(=O)c1c(-c2ccc(Cl)cc2)c[nH]c1Nc1ccccc1NC(=O)Nc1ccc(-c2ccccc2)nn1. The standard InChI is InChI=1S/C30H25ClN6O3/c1-2-40-29(38)27-22(19-12-14-21(31)15-13-19)18-32-28(27)33-24-10-6-7-11-25(24)34-30(39)35-26-17-16-23(36-37-26)20-8-4-3-5-9-20/h3-18,32-33H,2H2,1H3,(H2,34,35,37,39). The summed E-state index contributed by atoms with van der Waals surface area (Å²) in [5.74, 6) is 0.224. The fourth-order valence-electron chi connectivity index (χ4n) is 4.06. The van der Waals surface area contributed by atoms with Crippen LogP contribution in [0.5, 0.6) is 0 Å². The molecule has 0 saturated heterocycles. The lowest BCUT2D eigenvalue weighted by Crippen LogP contribution is -2.21. The van der Waals surface area contributed by atoms with E-state index in [1.165, 1.54) is 0 Å². The van der Waals surface area contributed by atoms with Crippen molar-refractivity contribution >= 4 is 46.6 Å². The van der Waals surface area contributed by atoms with E-state index in [4.69, 9.17) is 16.3 Å². The van der Waals surface area contributed by atoms with E-state index >= 15 is 0 Å². The fraction of sp³-hybridized carbons (Fsp3) is 0.0667. The first kappa shape index (κ1) is 26.5. The molecule has 0 aliphatic carbocycles. The van der Waals surface area contributed by atoms with E-state index in [0.717, 1.165) is 11.1 Å². The van der Waals surface area contributed by atoms with Crippen LogP contribution in [-0.2, 0) is 4.74 Å². The molecule has 5 rings (SSSR count). The van der Waals surface area contributed by atoms with Crippen LogP contribution in [0.1, 0.15) is 17.3 Å². The van der Waals surface area contributed by atoms with Crippen molar-refractivity contribution in [3.63, 3.8) is 0 Å². The Morgan fingerprint density at radius 1 is 0.825 bits per heavy atom. The number of ether oxygens (including phenoxy) is 1. The summed E-state index contributed by atoms with van der Waals surface area (Å²) in [7, 11) is 0. The van der Waals surface area contributed by atoms with Gasteiger partial charge in [-0.25, -0.2) is 9.59 Å². The number of aromatic amines is 1. The number of nitrogens with zero attached hydrogens (tertiary/aromatic N) is 2. The molecule has 0 aliphatic heterocycles. The van der Waals surface area contributed by atoms with Gasteiger partial charge in [-0.2, -0.15) is 0 Å². The van der Waals surface area contributed by atoms with Crippen LogP contribution in [0, 0.1) is 0 Å². The number of para-hydroxylation sites is 2. The Balaban J connectivity index is 1.34. The molecule has 0 fully saturated rings. The predicted octanol–water partition coefficient (Wildman–Crippen LogP) is 7.36. The summed E-state index contributed by atoms with van der Waals surface area (Å²) in [6.45, 7) is 1.97. The van der Waals surface area contributed by atoms with Crippen molar-refractivity contribution in [1.82, 2.24) is 15.2 Å². The van der Waals surface area contributed by atoms with Crippen LogP contribution in [0.3, 0.4) is 0 Å². The zero-order valence-corrected chi connectivity index (χ0v) is 22.2. The highest BCUT2D eigenvalue weighted by Crippen LogP contribution is 2.34. The second kappa shape index (κ2) is 12.1. The van der Waals surface area contributed by atoms with E-state index in [-0.39, 0.29) is 6.61 Å². The molecular weight excluding hydrogens is 528 g/mol. The Labute approximate surface area is 235 Å². The van der Waals surface area contributed by atoms with Gasteiger partial charge in [-0.05, 0) is 48.9 Å². The number of nitrogens with one attached hydrogen (secondary N) is 4. The largest absolute Gasteiger partial charge is 0.462 e. The van der Waals surface area contributed by atoms with Crippen LogP contribution in [0.15, 0.2) is 97.2 Å². The van der Waals surface area contributed by atoms with Crippen molar-refractivity contribution in [2.45, 2.75) is 6.92 Å². The lowest BCUT2D eigenvalue weighted by atomic mass is 10.0. The van der Waals surface area contributed by atoms with Crippen molar-refractivity contribution in [3.8, 4) is 22.4 Å². The van der Waals surface area contributed by atoms with E-state index in [1.54, 1.807) is 55.6 Å². The summed E-state index contributed by atoms with van der Waals surface area (Å²) in [6, 6.07) is 26.9. The van der Waals surface area contributed by atoms with E-state index < -0.39 is 12.0 Å². The van der Waals surface area contributed by atoms with Crippen LogP contribution in [0.2, 0.25) is 5.02 Å². The highest BCUT2D eigenvalue weighted by Gasteiger charge is 2.22.